The lowest BCUT2D eigenvalue weighted by Crippen LogP contribution is -2.40. The normalized spacial score (nSPS) is 14.8. The lowest BCUT2D eigenvalue weighted by Gasteiger charge is -2.25. The SMILES string of the molecule is COc1ccc([C@@H]2C(C(=O)Nc3ccccc3)=C(C)N=c3s/c(=C/c4cc(C)n(-c5ccc(Cl)c(Cl)c5)c4C)c(=O)n32)cc1. The van der Waals surface area contributed by atoms with Gasteiger partial charge in [0.2, 0.25) is 0 Å². The first-order valence-electron chi connectivity index (χ1n) is 13.8. The van der Waals surface area contributed by atoms with E-state index in [9.17, 15) is 9.59 Å². The summed E-state index contributed by atoms with van der Waals surface area (Å²) in [7, 11) is 1.60. The maximum atomic E-state index is 14.2. The smallest absolute Gasteiger partial charge is 0.271 e. The quantitative estimate of drug-likeness (QED) is 0.227. The summed E-state index contributed by atoms with van der Waals surface area (Å²) in [4.78, 5) is 33.2. The Labute approximate surface area is 268 Å². The second-order valence-corrected chi connectivity index (χ2v) is 12.3. The number of hydrogen-bond acceptors (Lipinski definition) is 5. The third-order valence-electron chi connectivity index (χ3n) is 7.65. The van der Waals surface area contributed by atoms with Crippen LogP contribution in [0, 0.1) is 13.8 Å². The number of fused-ring (bicyclic) bond motifs is 1. The number of aryl methyl sites for hydroxylation is 1. The van der Waals surface area contributed by atoms with Crippen molar-refractivity contribution >= 4 is 52.2 Å². The highest BCUT2D eigenvalue weighted by Gasteiger charge is 2.32. The Morgan fingerprint density at radius 2 is 1.70 bits per heavy atom. The minimum atomic E-state index is -0.688. The highest BCUT2D eigenvalue weighted by Crippen LogP contribution is 2.32. The van der Waals surface area contributed by atoms with Crippen molar-refractivity contribution in [2.45, 2.75) is 26.8 Å². The Balaban J connectivity index is 1.49. The summed E-state index contributed by atoms with van der Waals surface area (Å²) in [6.07, 6.45) is 1.88. The molecule has 1 aliphatic heterocycles. The fourth-order valence-corrected chi connectivity index (χ4v) is 6.86. The number of rotatable bonds is 6. The summed E-state index contributed by atoms with van der Waals surface area (Å²) in [5, 5.41) is 3.93. The zero-order chi connectivity index (χ0) is 31.1. The number of aromatic nitrogens is 2. The summed E-state index contributed by atoms with van der Waals surface area (Å²) in [5.41, 5.74) is 5.82. The van der Waals surface area contributed by atoms with Crippen LogP contribution in [0.5, 0.6) is 5.75 Å². The number of carbonyl (C=O) groups excluding carboxylic acids is 1. The molecule has 1 atom stereocenters. The molecule has 2 aromatic heterocycles. The van der Waals surface area contributed by atoms with Gasteiger partial charge in [0.05, 0.1) is 39.0 Å². The lowest BCUT2D eigenvalue weighted by molar-refractivity contribution is -0.113. The summed E-state index contributed by atoms with van der Waals surface area (Å²) < 4.78 is 9.56. The van der Waals surface area contributed by atoms with Gasteiger partial charge in [0.1, 0.15) is 5.75 Å². The molecule has 0 bridgehead atoms. The van der Waals surface area contributed by atoms with E-state index in [1.807, 2.05) is 92.7 Å². The van der Waals surface area contributed by atoms with E-state index >= 15 is 0 Å². The Morgan fingerprint density at radius 1 is 0.977 bits per heavy atom. The lowest BCUT2D eigenvalue weighted by atomic mass is 9.95. The summed E-state index contributed by atoms with van der Waals surface area (Å²) in [6.45, 7) is 5.80. The number of carbonyl (C=O) groups is 1. The van der Waals surface area contributed by atoms with E-state index in [1.165, 1.54) is 11.3 Å². The molecule has 44 heavy (non-hydrogen) atoms. The number of para-hydroxylation sites is 1. The molecule has 0 saturated heterocycles. The van der Waals surface area contributed by atoms with E-state index in [-0.39, 0.29) is 11.5 Å². The topological polar surface area (TPSA) is 77.6 Å². The number of nitrogens with zero attached hydrogens (tertiary/aromatic N) is 3. The first-order chi connectivity index (χ1) is 21.2. The Morgan fingerprint density at radius 3 is 2.39 bits per heavy atom. The minimum Gasteiger partial charge on any atom is -0.497 e. The van der Waals surface area contributed by atoms with Gasteiger partial charge in [-0.05, 0) is 86.5 Å². The zero-order valence-electron chi connectivity index (χ0n) is 24.4. The standard InChI is InChI=1S/C34H28Cl2N4O3S/c1-19-16-23(21(3)39(19)25-12-15-27(35)28(36)18-25)17-29-33(42)40-31(22-10-13-26(43-4)14-11-22)30(20(2)37-34(40)44-29)32(41)38-24-8-6-5-7-9-24/h5-18,31H,1-4H3,(H,38,41)/b29-17+/t31-/m1/s1. The highest BCUT2D eigenvalue weighted by molar-refractivity contribution is 7.07. The van der Waals surface area contributed by atoms with Crippen molar-refractivity contribution in [3.8, 4) is 11.4 Å². The number of halogens is 2. The maximum absolute atomic E-state index is 14.2. The average Bonchev–Trinajstić information content (AvgIpc) is 3.47. The predicted octanol–water partition coefficient (Wildman–Crippen LogP) is 6.60. The van der Waals surface area contributed by atoms with Gasteiger partial charge in [0.25, 0.3) is 11.5 Å². The number of anilines is 1. The van der Waals surface area contributed by atoms with Crippen molar-refractivity contribution in [2.24, 2.45) is 4.99 Å². The molecular formula is C34H28Cl2N4O3S. The first kappa shape index (κ1) is 29.7. The Kier molecular flexibility index (Phi) is 8.07. The van der Waals surface area contributed by atoms with Crippen molar-refractivity contribution in [3.05, 3.63) is 142 Å². The minimum absolute atomic E-state index is 0.230. The van der Waals surface area contributed by atoms with Crippen LogP contribution in [0.2, 0.25) is 10.0 Å². The van der Waals surface area contributed by atoms with E-state index in [1.54, 1.807) is 24.7 Å². The molecule has 3 aromatic carbocycles. The second kappa shape index (κ2) is 12.0. The molecule has 222 valence electrons. The van der Waals surface area contributed by atoms with E-state index < -0.39 is 6.04 Å². The second-order valence-electron chi connectivity index (χ2n) is 10.4. The van der Waals surface area contributed by atoms with Crippen LogP contribution in [-0.4, -0.2) is 22.2 Å². The zero-order valence-corrected chi connectivity index (χ0v) is 26.7. The van der Waals surface area contributed by atoms with E-state index in [0.29, 0.717) is 42.1 Å². The van der Waals surface area contributed by atoms with Gasteiger partial charge in [-0.15, -0.1) is 0 Å². The van der Waals surface area contributed by atoms with Crippen molar-refractivity contribution in [2.75, 3.05) is 12.4 Å². The van der Waals surface area contributed by atoms with Crippen LogP contribution in [0.25, 0.3) is 11.8 Å². The molecule has 0 fully saturated rings. The number of methoxy groups -OCH3 is 1. The number of amides is 1. The molecule has 0 saturated carbocycles. The number of thiazole rings is 1. The van der Waals surface area contributed by atoms with Gasteiger partial charge in [-0.25, -0.2) is 4.99 Å². The third kappa shape index (κ3) is 5.41. The van der Waals surface area contributed by atoms with Crippen LogP contribution < -0.4 is 24.9 Å². The largest absolute Gasteiger partial charge is 0.497 e. The molecule has 3 heterocycles. The van der Waals surface area contributed by atoms with Crippen molar-refractivity contribution in [3.63, 3.8) is 0 Å². The van der Waals surface area contributed by atoms with Crippen molar-refractivity contribution in [1.29, 1.82) is 0 Å². The predicted molar refractivity (Wildman–Crippen MR) is 177 cm³/mol. The molecule has 7 nitrogen and oxygen atoms in total. The summed E-state index contributed by atoms with van der Waals surface area (Å²) in [6, 6.07) is 23.5. The van der Waals surface area contributed by atoms with Crippen LogP contribution in [0.1, 0.15) is 35.5 Å². The Bertz CT molecular complexity index is 2130. The molecule has 0 spiro atoms. The first-order valence-corrected chi connectivity index (χ1v) is 15.4. The van der Waals surface area contributed by atoms with Crippen LogP contribution in [-0.2, 0) is 4.79 Å². The third-order valence-corrected chi connectivity index (χ3v) is 9.37. The summed E-state index contributed by atoms with van der Waals surface area (Å²) >= 11 is 13.8. The fraction of sp³-hybridized carbons (Fsp3) is 0.147. The highest BCUT2D eigenvalue weighted by atomic mass is 35.5. The molecule has 0 aliphatic carbocycles. The fourth-order valence-electron chi connectivity index (χ4n) is 5.53. The molecule has 10 heteroatoms. The molecule has 6 rings (SSSR count). The summed E-state index contributed by atoms with van der Waals surface area (Å²) in [5.74, 6) is 0.354. The number of allylic oxidation sites excluding steroid dienone is 1. The molecule has 1 N–H and O–H groups in total. The van der Waals surface area contributed by atoms with Gasteiger partial charge >= 0.3 is 0 Å². The molecular weight excluding hydrogens is 615 g/mol. The molecule has 1 amide bonds. The van der Waals surface area contributed by atoms with E-state index in [0.717, 1.165) is 28.2 Å². The number of hydrogen-bond donors (Lipinski definition) is 1. The van der Waals surface area contributed by atoms with E-state index in [2.05, 4.69) is 9.88 Å². The molecule has 0 radical (unpaired) electrons. The van der Waals surface area contributed by atoms with Crippen LogP contribution >= 0.6 is 34.5 Å². The molecule has 0 unspecified atom stereocenters. The monoisotopic (exact) mass is 642 g/mol. The maximum Gasteiger partial charge on any atom is 0.271 e. The van der Waals surface area contributed by atoms with Gasteiger partial charge in [-0.3, -0.25) is 14.2 Å². The van der Waals surface area contributed by atoms with Gasteiger partial charge in [0, 0.05) is 22.8 Å². The van der Waals surface area contributed by atoms with E-state index in [4.69, 9.17) is 32.9 Å². The van der Waals surface area contributed by atoms with Crippen LogP contribution in [0.3, 0.4) is 0 Å². The van der Waals surface area contributed by atoms with Crippen molar-refractivity contribution in [1.82, 2.24) is 9.13 Å². The van der Waals surface area contributed by atoms with Crippen molar-refractivity contribution < 1.29 is 9.53 Å². The number of benzene rings is 3. The van der Waals surface area contributed by atoms with Crippen LogP contribution in [0.4, 0.5) is 5.69 Å². The van der Waals surface area contributed by atoms with Gasteiger partial charge in [-0.1, -0.05) is 64.9 Å². The van der Waals surface area contributed by atoms with Gasteiger partial charge in [0.15, 0.2) is 4.80 Å². The van der Waals surface area contributed by atoms with Gasteiger partial charge < -0.3 is 14.6 Å². The van der Waals surface area contributed by atoms with Crippen LogP contribution in [0.15, 0.2) is 99.9 Å². The molecule has 5 aromatic rings. The number of nitrogens with one attached hydrogen (secondary N) is 1. The Hall–Kier alpha value is -4.37. The number of ether oxygens (including phenoxy) is 1. The van der Waals surface area contributed by atoms with Gasteiger partial charge in [-0.2, -0.15) is 0 Å². The average molecular weight is 644 g/mol. The molecule has 1 aliphatic rings.